The summed E-state index contributed by atoms with van der Waals surface area (Å²) in [6.07, 6.45) is 4.48. The van der Waals surface area contributed by atoms with Gasteiger partial charge in [-0.15, -0.1) is 6.58 Å². The smallest absolute Gasteiger partial charge is 0.177 e. The van der Waals surface area contributed by atoms with Crippen molar-refractivity contribution in [3.8, 4) is 0 Å². The number of aryl methyl sites for hydroxylation is 1. The molecule has 6 heteroatoms. The lowest BCUT2D eigenvalue weighted by molar-refractivity contribution is 0.118. The fourth-order valence-electron chi connectivity index (χ4n) is 3.01. The van der Waals surface area contributed by atoms with Crippen molar-refractivity contribution in [2.75, 3.05) is 18.9 Å². The van der Waals surface area contributed by atoms with Gasteiger partial charge < -0.3 is 9.30 Å². The van der Waals surface area contributed by atoms with Gasteiger partial charge in [-0.05, 0) is 32.8 Å². The van der Waals surface area contributed by atoms with Crippen LogP contribution in [-0.2, 0) is 11.3 Å². The molecule has 5 nitrogen and oxygen atoms in total. The first-order chi connectivity index (χ1) is 11.2. The molecule has 0 spiro atoms. The van der Waals surface area contributed by atoms with Gasteiger partial charge in [0.05, 0.1) is 18.4 Å². The lowest BCUT2D eigenvalue weighted by Crippen LogP contribution is -2.26. The number of aliphatic imine (C=N–C) groups is 1. The number of hydrogen-bond donors (Lipinski definition) is 1. The van der Waals surface area contributed by atoms with Crippen molar-refractivity contribution in [3.05, 3.63) is 35.7 Å². The summed E-state index contributed by atoms with van der Waals surface area (Å²) in [6.45, 7) is 10.5. The highest BCUT2D eigenvalue weighted by molar-refractivity contribution is 8.14. The van der Waals surface area contributed by atoms with Crippen LogP contribution in [0.3, 0.4) is 0 Å². The molecule has 0 radical (unpaired) electrons. The molecule has 2 aliphatic rings. The number of aromatic nitrogens is 1. The first-order valence-electron chi connectivity index (χ1n) is 8.08. The zero-order chi connectivity index (χ0) is 16.2. The third-order valence-electron chi connectivity index (χ3n) is 4.29. The maximum Gasteiger partial charge on any atom is 0.177 e. The molecule has 3 heterocycles. The summed E-state index contributed by atoms with van der Waals surface area (Å²) in [5.74, 6) is 0.843. The molecule has 1 fully saturated rings. The fourth-order valence-corrected chi connectivity index (χ4v) is 3.78. The molecule has 23 heavy (non-hydrogen) atoms. The maximum atomic E-state index is 5.60. The number of thioether (sulfide) groups is 1. The first kappa shape index (κ1) is 16.3. The molecule has 3 rings (SSSR count). The molecule has 1 aromatic heterocycles. The van der Waals surface area contributed by atoms with E-state index in [2.05, 4.69) is 46.6 Å². The van der Waals surface area contributed by atoms with Crippen LogP contribution in [0.5, 0.6) is 0 Å². The Morgan fingerprint density at radius 2 is 2.43 bits per heavy atom. The minimum Gasteiger partial charge on any atom is -0.376 e. The average molecular weight is 332 g/mol. The summed E-state index contributed by atoms with van der Waals surface area (Å²) in [5, 5.41) is 5.43. The summed E-state index contributed by atoms with van der Waals surface area (Å²) >= 11 is 1.71. The Morgan fingerprint density at radius 3 is 3.09 bits per heavy atom. The number of rotatable bonds is 5. The number of ether oxygens (including phenoxy) is 1. The number of hydrogen-bond acceptors (Lipinski definition) is 4. The van der Waals surface area contributed by atoms with Gasteiger partial charge in [-0.2, -0.15) is 5.10 Å². The van der Waals surface area contributed by atoms with Crippen molar-refractivity contribution in [2.45, 2.75) is 39.3 Å². The van der Waals surface area contributed by atoms with Gasteiger partial charge in [0.15, 0.2) is 5.17 Å². The van der Waals surface area contributed by atoms with Crippen molar-refractivity contribution in [3.63, 3.8) is 0 Å². The zero-order valence-electron chi connectivity index (χ0n) is 13.8. The van der Waals surface area contributed by atoms with Crippen LogP contribution in [0.2, 0.25) is 0 Å². The van der Waals surface area contributed by atoms with Crippen LogP contribution in [0, 0.1) is 13.8 Å². The topological polar surface area (TPSA) is 50.9 Å². The maximum absolute atomic E-state index is 5.60. The molecule has 0 aromatic carbocycles. The van der Waals surface area contributed by atoms with E-state index < -0.39 is 0 Å². The molecule has 0 unspecified atom stereocenters. The van der Waals surface area contributed by atoms with E-state index in [1.165, 1.54) is 17.0 Å². The van der Waals surface area contributed by atoms with Crippen LogP contribution in [0.25, 0.3) is 0 Å². The molecule has 1 aromatic rings. The van der Waals surface area contributed by atoms with Crippen LogP contribution < -0.4 is 5.43 Å². The van der Waals surface area contributed by atoms with Crippen molar-refractivity contribution >= 4 is 22.6 Å². The van der Waals surface area contributed by atoms with Gasteiger partial charge in [0.25, 0.3) is 0 Å². The van der Waals surface area contributed by atoms with E-state index in [4.69, 9.17) is 4.74 Å². The molecule has 0 bridgehead atoms. The van der Waals surface area contributed by atoms with Gasteiger partial charge in [-0.25, -0.2) is 0 Å². The SMILES string of the molecule is C=CCn1c(C)cc(C2=NNC(=NC[C@H]3CCCO3)SC2)c1C. The highest BCUT2D eigenvalue weighted by Gasteiger charge is 2.19. The second-order valence-electron chi connectivity index (χ2n) is 5.92. The zero-order valence-corrected chi connectivity index (χ0v) is 14.7. The Labute approximate surface area is 141 Å². The number of nitrogens with one attached hydrogen (secondary N) is 1. The van der Waals surface area contributed by atoms with E-state index in [-0.39, 0.29) is 6.10 Å². The molecule has 124 valence electrons. The quantitative estimate of drug-likeness (QED) is 0.844. The van der Waals surface area contributed by atoms with Crippen molar-refractivity contribution in [1.82, 2.24) is 9.99 Å². The molecule has 2 aliphatic heterocycles. The number of amidine groups is 1. The summed E-state index contributed by atoms with van der Waals surface area (Å²) in [7, 11) is 0. The fraction of sp³-hybridized carbons (Fsp3) is 0.529. The minimum atomic E-state index is 0.285. The van der Waals surface area contributed by atoms with Gasteiger partial charge in [0.1, 0.15) is 0 Å². The van der Waals surface area contributed by atoms with E-state index in [1.807, 2.05) is 6.08 Å². The Balaban J connectivity index is 1.67. The Morgan fingerprint density at radius 1 is 1.57 bits per heavy atom. The van der Waals surface area contributed by atoms with Crippen LogP contribution >= 0.6 is 11.8 Å². The molecular weight excluding hydrogens is 308 g/mol. The van der Waals surface area contributed by atoms with Crippen LogP contribution in [0.15, 0.2) is 28.8 Å². The van der Waals surface area contributed by atoms with Crippen molar-refractivity contribution < 1.29 is 4.74 Å². The Bertz CT molecular complexity index is 641. The lowest BCUT2D eigenvalue weighted by atomic mass is 10.1. The number of nitrogens with zero attached hydrogens (tertiary/aromatic N) is 3. The number of hydrazone groups is 1. The van der Waals surface area contributed by atoms with Crippen molar-refractivity contribution in [1.29, 1.82) is 0 Å². The first-order valence-corrected chi connectivity index (χ1v) is 9.07. The second kappa shape index (κ2) is 7.36. The Hall–Kier alpha value is -1.53. The normalized spacial score (nSPS) is 23.0. The van der Waals surface area contributed by atoms with E-state index in [9.17, 15) is 0 Å². The van der Waals surface area contributed by atoms with E-state index in [0.29, 0.717) is 0 Å². The van der Waals surface area contributed by atoms with Gasteiger partial charge in [0, 0.05) is 35.9 Å². The third-order valence-corrected chi connectivity index (χ3v) is 5.20. The summed E-state index contributed by atoms with van der Waals surface area (Å²) in [5.41, 5.74) is 7.86. The van der Waals surface area contributed by atoms with E-state index >= 15 is 0 Å². The molecule has 1 atom stereocenters. The predicted octanol–water partition coefficient (Wildman–Crippen LogP) is 2.87. The molecule has 0 amide bonds. The van der Waals surface area contributed by atoms with E-state index in [1.54, 1.807) is 11.8 Å². The standard InChI is InChI=1S/C17H24N4OS/c1-4-7-21-12(2)9-15(13(21)3)16-11-23-17(20-19-16)18-10-14-6-5-8-22-14/h4,9,14H,1,5-8,10-11H2,2-3H3,(H,18,20)/t14-/m1/s1. The molecule has 1 saturated heterocycles. The summed E-state index contributed by atoms with van der Waals surface area (Å²) in [4.78, 5) is 4.59. The number of allylic oxidation sites excluding steroid dienone is 1. The molecule has 1 N–H and O–H groups in total. The molecular formula is C17H24N4OS. The lowest BCUT2D eigenvalue weighted by Gasteiger charge is -2.16. The molecule has 0 aliphatic carbocycles. The minimum absolute atomic E-state index is 0.285. The highest BCUT2D eigenvalue weighted by atomic mass is 32.2. The van der Waals surface area contributed by atoms with Gasteiger partial charge in [-0.1, -0.05) is 17.8 Å². The predicted molar refractivity (Wildman–Crippen MR) is 97.5 cm³/mol. The highest BCUT2D eigenvalue weighted by Crippen LogP contribution is 2.21. The van der Waals surface area contributed by atoms with Crippen LogP contribution in [0.1, 0.15) is 29.8 Å². The van der Waals surface area contributed by atoms with Crippen LogP contribution in [-0.4, -0.2) is 40.5 Å². The second-order valence-corrected chi connectivity index (χ2v) is 6.89. The van der Waals surface area contributed by atoms with Crippen LogP contribution in [0.4, 0.5) is 0 Å². The largest absolute Gasteiger partial charge is 0.376 e. The van der Waals surface area contributed by atoms with Crippen molar-refractivity contribution in [2.24, 2.45) is 10.1 Å². The van der Waals surface area contributed by atoms with Gasteiger partial charge in [-0.3, -0.25) is 10.4 Å². The summed E-state index contributed by atoms with van der Waals surface area (Å²) < 4.78 is 7.86. The van der Waals surface area contributed by atoms with Gasteiger partial charge in [0.2, 0.25) is 0 Å². The Kier molecular flexibility index (Phi) is 5.23. The third kappa shape index (κ3) is 3.70. The summed E-state index contributed by atoms with van der Waals surface area (Å²) in [6, 6.07) is 2.20. The average Bonchev–Trinajstić information content (AvgIpc) is 3.17. The monoisotopic (exact) mass is 332 g/mol. The van der Waals surface area contributed by atoms with E-state index in [0.717, 1.165) is 49.2 Å². The van der Waals surface area contributed by atoms with Gasteiger partial charge >= 0.3 is 0 Å². The molecule has 0 saturated carbocycles.